The van der Waals surface area contributed by atoms with Crippen LogP contribution in [-0.4, -0.2) is 23.3 Å². The maximum Gasteiger partial charge on any atom is 0.285 e. The number of carbonyl (C=O) groups is 1. The van der Waals surface area contributed by atoms with E-state index in [1.165, 1.54) is 0 Å². The summed E-state index contributed by atoms with van der Waals surface area (Å²) in [6.07, 6.45) is 1.60. The van der Waals surface area contributed by atoms with Crippen LogP contribution in [0.2, 0.25) is 0 Å². The predicted molar refractivity (Wildman–Crippen MR) is 74.5 cm³/mol. The maximum atomic E-state index is 13.0. The number of nitro benzene ring substituents is 1. The van der Waals surface area contributed by atoms with Crippen LogP contribution < -0.4 is 5.32 Å². The number of nitrogens with zero attached hydrogens (tertiary/aromatic N) is 1. The standard InChI is InChI=1S/C13H16ClFN2O3/c1-2-9(5-6-14)8-16-13(18)11-4-3-10(15)7-12(11)17(19)20/h3-4,7,9H,2,5-6,8H2,1H3,(H,16,18). The van der Waals surface area contributed by atoms with E-state index in [4.69, 9.17) is 11.6 Å². The van der Waals surface area contributed by atoms with Gasteiger partial charge in [-0.25, -0.2) is 4.39 Å². The van der Waals surface area contributed by atoms with Crippen LogP contribution >= 0.6 is 11.6 Å². The molecule has 0 fully saturated rings. The number of alkyl halides is 1. The molecule has 1 aromatic carbocycles. The van der Waals surface area contributed by atoms with Crippen LogP contribution in [0.1, 0.15) is 30.1 Å². The molecule has 0 aliphatic rings. The molecule has 7 heteroatoms. The fourth-order valence-corrected chi connectivity index (χ4v) is 2.09. The van der Waals surface area contributed by atoms with Gasteiger partial charge < -0.3 is 5.32 Å². The molecular formula is C13H16ClFN2O3. The normalized spacial score (nSPS) is 11.9. The molecule has 1 aromatic rings. The molecule has 0 heterocycles. The summed E-state index contributed by atoms with van der Waals surface area (Å²) in [6.45, 7) is 2.36. The van der Waals surface area contributed by atoms with Gasteiger partial charge in [0.2, 0.25) is 0 Å². The summed E-state index contributed by atoms with van der Waals surface area (Å²) in [5, 5.41) is 13.4. The fraction of sp³-hybridized carbons (Fsp3) is 0.462. The lowest BCUT2D eigenvalue weighted by Gasteiger charge is -2.14. The van der Waals surface area contributed by atoms with Crippen molar-refractivity contribution in [2.24, 2.45) is 5.92 Å². The zero-order valence-corrected chi connectivity index (χ0v) is 11.8. The molecule has 0 aromatic heterocycles. The van der Waals surface area contributed by atoms with Crippen molar-refractivity contribution in [3.63, 3.8) is 0 Å². The predicted octanol–water partition coefficient (Wildman–Crippen LogP) is 3.12. The highest BCUT2D eigenvalue weighted by molar-refractivity contribution is 6.17. The Bertz CT molecular complexity index is 497. The highest BCUT2D eigenvalue weighted by Gasteiger charge is 2.21. The number of nitrogens with one attached hydrogen (secondary N) is 1. The lowest BCUT2D eigenvalue weighted by Crippen LogP contribution is -2.29. The van der Waals surface area contributed by atoms with Crippen LogP contribution in [-0.2, 0) is 0 Å². The molecule has 0 radical (unpaired) electrons. The zero-order valence-electron chi connectivity index (χ0n) is 11.1. The fourth-order valence-electron chi connectivity index (χ4n) is 1.78. The summed E-state index contributed by atoms with van der Waals surface area (Å²) in [5.74, 6) is -0.618. The van der Waals surface area contributed by atoms with Gasteiger partial charge in [-0.05, 0) is 24.5 Å². The molecule has 0 aliphatic heterocycles. The highest BCUT2D eigenvalue weighted by atomic mass is 35.5. The van der Waals surface area contributed by atoms with Crippen molar-refractivity contribution in [2.75, 3.05) is 12.4 Å². The number of hydrogen-bond acceptors (Lipinski definition) is 3. The van der Waals surface area contributed by atoms with Gasteiger partial charge in [0.05, 0.1) is 11.0 Å². The molecule has 1 rings (SSSR count). The lowest BCUT2D eigenvalue weighted by molar-refractivity contribution is -0.385. The number of nitro groups is 1. The number of carbonyl (C=O) groups excluding carboxylic acids is 1. The Balaban J connectivity index is 2.79. The molecule has 0 aliphatic carbocycles. The second-order valence-electron chi connectivity index (χ2n) is 4.38. The van der Waals surface area contributed by atoms with E-state index in [2.05, 4.69) is 5.32 Å². The molecule has 20 heavy (non-hydrogen) atoms. The van der Waals surface area contributed by atoms with Crippen LogP contribution in [0.25, 0.3) is 0 Å². The third kappa shape index (κ3) is 4.45. The van der Waals surface area contributed by atoms with Crippen molar-refractivity contribution in [3.8, 4) is 0 Å². The number of hydrogen-bond donors (Lipinski definition) is 1. The van der Waals surface area contributed by atoms with Crippen LogP contribution in [0.3, 0.4) is 0 Å². The first-order valence-corrected chi connectivity index (χ1v) is 6.81. The Labute approximate surface area is 121 Å². The molecule has 0 bridgehead atoms. The second-order valence-corrected chi connectivity index (χ2v) is 4.76. The third-order valence-electron chi connectivity index (χ3n) is 3.05. The van der Waals surface area contributed by atoms with Crippen molar-refractivity contribution in [1.29, 1.82) is 0 Å². The maximum absolute atomic E-state index is 13.0. The van der Waals surface area contributed by atoms with Crippen molar-refractivity contribution < 1.29 is 14.1 Å². The average Bonchev–Trinajstić information content (AvgIpc) is 2.42. The molecule has 1 unspecified atom stereocenters. The van der Waals surface area contributed by atoms with Gasteiger partial charge in [0.25, 0.3) is 11.6 Å². The molecule has 110 valence electrons. The van der Waals surface area contributed by atoms with Gasteiger partial charge in [-0.15, -0.1) is 11.6 Å². The first-order valence-electron chi connectivity index (χ1n) is 6.27. The number of halogens is 2. The number of amides is 1. The van der Waals surface area contributed by atoms with Gasteiger partial charge in [0, 0.05) is 12.4 Å². The summed E-state index contributed by atoms with van der Waals surface area (Å²) < 4.78 is 13.0. The smallest absolute Gasteiger partial charge is 0.285 e. The van der Waals surface area contributed by atoms with Gasteiger partial charge >= 0.3 is 0 Å². The first-order chi connectivity index (χ1) is 9.49. The van der Waals surface area contributed by atoms with Gasteiger partial charge in [-0.3, -0.25) is 14.9 Å². The van der Waals surface area contributed by atoms with Crippen LogP contribution in [0, 0.1) is 21.8 Å². The second kappa shape index (κ2) is 7.79. The summed E-state index contributed by atoms with van der Waals surface area (Å²) >= 11 is 5.65. The van der Waals surface area contributed by atoms with Crippen LogP contribution in [0.5, 0.6) is 0 Å². The zero-order chi connectivity index (χ0) is 15.1. The van der Waals surface area contributed by atoms with Gasteiger partial charge in [0.15, 0.2) is 0 Å². The van der Waals surface area contributed by atoms with Gasteiger partial charge in [0.1, 0.15) is 11.4 Å². The minimum atomic E-state index is -0.770. The Morgan fingerprint density at radius 3 is 2.80 bits per heavy atom. The SMILES string of the molecule is CCC(CCCl)CNC(=O)c1ccc(F)cc1[N+](=O)[O-]. The van der Waals surface area contributed by atoms with Crippen molar-refractivity contribution >= 4 is 23.2 Å². The topological polar surface area (TPSA) is 72.2 Å². The Morgan fingerprint density at radius 2 is 2.25 bits per heavy atom. The van der Waals surface area contributed by atoms with Crippen molar-refractivity contribution in [1.82, 2.24) is 5.32 Å². The molecule has 1 atom stereocenters. The quantitative estimate of drug-likeness (QED) is 0.478. The molecular weight excluding hydrogens is 287 g/mol. The highest BCUT2D eigenvalue weighted by Crippen LogP contribution is 2.19. The van der Waals surface area contributed by atoms with E-state index in [-0.39, 0.29) is 11.5 Å². The Hall–Kier alpha value is -1.69. The van der Waals surface area contributed by atoms with Gasteiger partial charge in [-0.1, -0.05) is 13.3 Å². The Kier molecular flexibility index (Phi) is 6.38. The summed E-state index contributed by atoms with van der Waals surface area (Å²) in [7, 11) is 0. The van der Waals surface area contributed by atoms with E-state index in [0.717, 1.165) is 31.0 Å². The summed E-state index contributed by atoms with van der Waals surface area (Å²) in [4.78, 5) is 22.0. The molecule has 1 N–H and O–H groups in total. The minimum absolute atomic E-state index is 0.142. The number of benzene rings is 1. The molecule has 5 nitrogen and oxygen atoms in total. The van der Waals surface area contributed by atoms with Gasteiger partial charge in [-0.2, -0.15) is 0 Å². The van der Waals surface area contributed by atoms with E-state index in [0.29, 0.717) is 12.4 Å². The Morgan fingerprint density at radius 1 is 1.55 bits per heavy atom. The van der Waals surface area contributed by atoms with Crippen LogP contribution in [0.15, 0.2) is 18.2 Å². The first kappa shape index (κ1) is 16.4. The lowest BCUT2D eigenvalue weighted by atomic mass is 10.0. The van der Waals surface area contributed by atoms with E-state index in [1.54, 1.807) is 0 Å². The minimum Gasteiger partial charge on any atom is -0.352 e. The average molecular weight is 303 g/mol. The molecule has 0 saturated carbocycles. The molecule has 0 saturated heterocycles. The van der Waals surface area contributed by atoms with E-state index in [9.17, 15) is 19.3 Å². The number of rotatable bonds is 7. The summed E-state index contributed by atoms with van der Waals surface area (Å²) in [6, 6.07) is 2.88. The molecule has 1 amide bonds. The third-order valence-corrected chi connectivity index (χ3v) is 3.27. The van der Waals surface area contributed by atoms with Crippen molar-refractivity contribution in [2.45, 2.75) is 19.8 Å². The molecule has 0 spiro atoms. The van der Waals surface area contributed by atoms with E-state index in [1.807, 2.05) is 6.92 Å². The van der Waals surface area contributed by atoms with Crippen molar-refractivity contribution in [3.05, 3.63) is 39.7 Å². The monoisotopic (exact) mass is 302 g/mol. The van der Waals surface area contributed by atoms with Crippen LogP contribution in [0.4, 0.5) is 10.1 Å². The summed E-state index contributed by atoms with van der Waals surface area (Å²) in [5.41, 5.74) is -0.676. The largest absolute Gasteiger partial charge is 0.352 e. The van der Waals surface area contributed by atoms with E-state index < -0.39 is 22.3 Å². The van der Waals surface area contributed by atoms with E-state index >= 15 is 0 Å².